The molecule has 0 spiro atoms. The van der Waals surface area contributed by atoms with Crippen LogP contribution in [0.15, 0.2) is 83.5 Å². The molecule has 0 aromatic heterocycles. The summed E-state index contributed by atoms with van der Waals surface area (Å²) in [5.74, 6) is 0.110. The summed E-state index contributed by atoms with van der Waals surface area (Å²) in [7, 11) is 1.55. The summed E-state index contributed by atoms with van der Waals surface area (Å²) in [6.45, 7) is 1.95. The molecule has 0 aliphatic carbocycles. The summed E-state index contributed by atoms with van der Waals surface area (Å²) in [5, 5.41) is 0. The molecule has 0 N–H and O–H groups in total. The molecule has 0 radical (unpaired) electrons. The molecular weight excluding hydrogens is 394 g/mol. The topological polar surface area (TPSA) is 74.2 Å². The van der Waals surface area contributed by atoms with Crippen LogP contribution in [0.2, 0.25) is 0 Å². The van der Waals surface area contributed by atoms with E-state index in [0.29, 0.717) is 22.6 Å². The second kappa shape index (κ2) is 8.67. The van der Waals surface area contributed by atoms with Crippen molar-refractivity contribution < 1.29 is 23.8 Å². The number of hydrogen-bond donors (Lipinski definition) is 0. The number of nitrogens with zero attached hydrogens (tertiary/aromatic N) is 1. The highest BCUT2D eigenvalue weighted by atomic mass is 16.6. The summed E-state index contributed by atoms with van der Waals surface area (Å²) in [5.41, 5.74) is 2.79. The SMILES string of the molecule is COc1ccc(C(=O)Oc2ccccc2/C=C2\N=C(c3cccc(C)c3)OC2=O)cc1. The van der Waals surface area contributed by atoms with E-state index in [1.807, 2.05) is 31.2 Å². The van der Waals surface area contributed by atoms with Crippen LogP contribution in [0.4, 0.5) is 0 Å². The molecule has 6 heteroatoms. The first-order valence-electron chi connectivity index (χ1n) is 9.58. The highest BCUT2D eigenvalue weighted by molar-refractivity contribution is 6.13. The summed E-state index contributed by atoms with van der Waals surface area (Å²) < 4.78 is 16.0. The summed E-state index contributed by atoms with van der Waals surface area (Å²) in [6, 6.07) is 21.0. The molecule has 0 unspecified atom stereocenters. The van der Waals surface area contributed by atoms with Crippen LogP contribution in [0.3, 0.4) is 0 Å². The van der Waals surface area contributed by atoms with Crippen LogP contribution in [0.5, 0.6) is 11.5 Å². The van der Waals surface area contributed by atoms with Crippen molar-refractivity contribution in [1.29, 1.82) is 0 Å². The van der Waals surface area contributed by atoms with Gasteiger partial charge in [0.05, 0.1) is 12.7 Å². The van der Waals surface area contributed by atoms with Crippen molar-refractivity contribution in [3.8, 4) is 11.5 Å². The Balaban J connectivity index is 1.60. The minimum absolute atomic E-state index is 0.129. The Hall–Kier alpha value is -4.19. The minimum atomic E-state index is -0.562. The second-order valence-corrected chi connectivity index (χ2v) is 6.86. The van der Waals surface area contributed by atoms with E-state index in [1.165, 1.54) is 0 Å². The number of hydrogen-bond acceptors (Lipinski definition) is 6. The average Bonchev–Trinajstić information content (AvgIpc) is 3.15. The monoisotopic (exact) mass is 413 g/mol. The van der Waals surface area contributed by atoms with E-state index in [-0.39, 0.29) is 11.6 Å². The van der Waals surface area contributed by atoms with Crippen LogP contribution in [0, 0.1) is 6.92 Å². The number of para-hydroxylation sites is 1. The lowest BCUT2D eigenvalue weighted by atomic mass is 10.1. The van der Waals surface area contributed by atoms with E-state index in [4.69, 9.17) is 14.2 Å². The molecule has 0 saturated heterocycles. The van der Waals surface area contributed by atoms with Crippen LogP contribution >= 0.6 is 0 Å². The Morgan fingerprint density at radius 2 is 1.77 bits per heavy atom. The van der Waals surface area contributed by atoms with Gasteiger partial charge < -0.3 is 14.2 Å². The van der Waals surface area contributed by atoms with Crippen molar-refractivity contribution in [2.45, 2.75) is 6.92 Å². The van der Waals surface area contributed by atoms with E-state index in [0.717, 1.165) is 11.1 Å². The van der Waals surface area contributed by atoms with Crippen LogP contribution in [0.1, 0.15) is 27.0 Å². The molecule has 31 heavy (non-hydrogen) atoms. The lowest BCUT2D eigenvalue weighted by Crippen LogP contribution is -2.09. The normalized spacial score (nSPS) is 14.2. The first kappa shape index (κ1) is 20.1. The predicted molar refractivity (Wildman–Crippen MR) is 116 cm³/mol. The number of rotatable bonds is 5. The van der Waals surface area contributed by atoms with Gasteiger partial charge in [-0.25, -0.2) is 14.6 Å². The van der Waals surface area contributed by atoms with Gasteiger partial charge in [0.15, 0.2) is 5.70 Å². The van der Waals surface area contributed by atoms with Crippen molar-refractivity contribution in [2.75, 3.05) is 7.11 Å². The van der Waals surface area contributed by atoms with Gasteiger partial charge in [-0.2, -0.15) is 0 Å². The zero-order valence-electron chi connectivity index (χ0n) is 17.0. The lowest BCUT2D eigenvalue weighted by Gasteiger charge is -2.08. The number of cyclic esters (lactones) is 1. The van der Waals surface area contributed by atoms with E-state index < -0.39 is 11.9 Å². The third-order valence-corrected chi connectivity index (χ3v) is 4.63. The number of carbonyl (C=O) groups excluding carboxylic acids is 2. The molecular formula is C25H19NO5. The maximum absolute atomic E-state index is 12.5. The van der Waals surface area contributed by atoms with Gasteiger partial charge in [0.1, 0.15) is 11.5 Å². The Morgan fingerprint density at radius 1 is 1.00 bits per heavy atom. The molecule has 3 aromatic carbocycles. The van der Waals surface area contributed by atoms with Crippen molar-refractivity contribution in [3.05, 3.63) is 101 Å². The molecule has 0 atom stereocenters. The van der Waals surface area contributed by atoms with Gasteiger partial charge in [0.25, 0.3) is 0 Å². The Kier molecular flexibility index (Phi) is 5.62. The fourth-order valence-corrected chi connectivity index (χ4v) is 3.04. The van der Waals surface area contributed by atoms with E-state index in [9.17, 15) is 9.59 Å². The van der Waals surface area contributed by atoms with Gasteiger partial charge >= 0.3 is 11.9 Å². The maximum atomic E-state index is 12.5. The number of ether oxygens (including phenoxy) is 3. The van der Waals surface area contributed by atoms with Crippen molar-refractivity contribution >= 4 is 23.9 Å². The standard InChI is InChI=1S/C25H19NO5/c1-16-6-5-8-19(14-16)23-26-21(25(28)31-23)15-18-7-3-4-9-22(18)30-24(27)17-10-12-20(29-2)13-11-17/h3-15H,1-2H3/b21-15-. The van der Waals surface area contributed by atoms with Crippen LogP contribution in [-0.4, -0.2) is 24.9 Å². The van der Waals surface area contributed by atoms with Crippen LogP contribution < -0.4 is 9.47 Å². The quantitative estimate of drug-likeness (QED) is 0.348. The number of methoxy groups -OCH3 is 1. The van der Waals surface area contributed by atoms with Gasteiger partial charge in [0, 0.05) is 11.1 Å². The van der Waals surface area contributed by atoms with Crippen molar-refractivity contribution in [1.82, 2.24) is 0 Å². The molecule has 1 aliphatic rings. The molecule has 0 fully saturated rings. The maximum Gasteiger partial charge on any atom is 0.363 e. The first-order valence-corrected chi connectivity index (χ1v) is 9.58. The number of aliphatic imine (C=N–C) groups is 1. The Morgan fingerprint density at radius 3 is 2.52 bits per heavy atom. The zero-order chi connectivity index (χ0) is 21.8. The second-order valence-electron chi connectivity index (χ2n) is 6.86. The van der Waals surface area contributed by atoms with E-state index in [1.54, 1.807) is 61.7 Å². The molecule has 1 heterocycles. The van der Waals surface area contributed by atoms with Gasteiger partial charge in [-0.3, -0.25) is 0 Å². The zero-order valence-corrected chi connectivity index (χ0v) is 17.0. The van der Waals surface area contributed by atoms with E-state index in [2.05, 4.69) is 4.99 Å². The summed E-state index contributed by atoms with van der Waals surface area (Å²) in [6.07, 6.45) is 1.54. The fourth-order valence-electron chi connectivity index (χ4n) is 3.04. The molecule has 154 valence electrons. The Labute approximate surface area is 179 Å². The molecule has 1 aliphatic heterocycles. The van der Waals surface area contributed by atoms with Crippen molar-refractivity contribution in [2.24, 2.45) is 4.99 Å². The summed E-state index contributed by atoms with van der Waals surface area (Å²) >= 11 is 0. The number of esters is 2. The largest absolute Gasteiger partial charge is 0.497 e. The molecule has 6 nitrogen and oxygen atoms in total. The Bertz CT molecular complexity index is 1210. The van der Waals surface area contributed by atoms with Crippen LogP contribution in [-0.2, 0) is 9.53 Å². The van der Waals surface area contributed by atoms with Gasteiger partial charge in [-0.15, -0.1) is 0 Å². The van der Waals surface area contributed by atoms with Gasteiger partial charge in [0.2, 0.25) is 5.90 Å². The van der Waals surface area contributed by atoms with Gasteiger partial charge in [-0.05, 0) is 55.5 Å². The molecule has 3 aromatic rings. The highest BCUT2D eigenvalue weighted by Crippen LogP contribution is 2.26. The molecule has 4 rings (SSSR count). The molecule has 0 saturated carbocycles. The third kappa shape index (κ3) is 4.53. The third-order valence-electron chi connectivity index (χ3n) is 4.63. The van der Waals surface area contributed by atoms with E-state index >= 15 is 0 Å². The first-order chi connectivity index (χ1) is 15.0. The molecule has 0 bridgehead atoms. The van der Waals surface area contributed by atoms with Crippen molar-refractivity contribution in [3.63, 3.8) is 0 Å². The van der Waals surface area contributed by atoms with Gasteiger partial charge in [-0.1, -0.05) is 35.9 Å². The smallest absolute Gasteiger partial charge is 0.363 e. The summed E-state index contributed by atoms with van der Waals surface area (Å²) in [4.78, 5) is 29.2. The number of carbonyl (C=O) groups is 2. The molecule has 0 amide bonds. The predicted octanol–water partition coefficient (Wildman–Crippen LogP) is 4.57. The fraction of sp³-hybridized carbons (Fsp3) is 0.0800. The minimum Gasteiger partial charge on any atom is -0.497 e. The lowest BCUT2D eigenvalue weighted by molar-refractivity contribution is -0.129. The average molecular weight is 413 g/mol. The number of aryl methyl sites for hydroxylation is 1. The number of benzene rings is 3. The van der Waals surface area contributed by atoms with Crippen LogP contribution in [0.25, 0.3) is 6.08 Å². The highest BCUT2D eigenvalue weighted by Gasteiger charge is 2.24.